The lowest BCUT2D eigenvalue weighted by atomic mass is 10.0. The predicted octanol–water partition coefficient (Wildman–Crippen LogP) is 3.89. The highest BCUT2D eigenvalue weighted by atomic mass is 79.9. The predicted molar refractivity (Wildman–Crippen MR) is 78.0 cm³/mol. The topological polar surface area (TPSA) is 32.3 Å². The quantitative estimate of drug-likeness (QED) is 0.863. The Morgan fingerprint density at radius 1 is 1.33 bits per heavy atom. The Bertz CT molecular complexity index is 525. The molecule has 0 spiro atoms. The van der Waals surface area contributed by atoms with Crippen LogP contribution in [0.25, 0.3) is 0 Å². The van der Waals surface area contributed by atoms with E-state index in [1.54, 1.807) is 11.0 Å². The van der Waals surface area contributed by atoms with Crippen molar-refractivity contribution >= 4 is 27.5 Å². The van der Waals surface area contributed by atoms with Crippen LogP contribution in [0.3, 0.4) is 0 Å². The van der Waals surface area contributed by atoms with Crippen LogP contribution in [0.15, 0.2) is 22.7 Å². The summed E-state index contributed by atoms with van der Waals surface area (Å²) < 4.78 is 39.5. The first-order valence-electron chi connectivity index (χ1n) is 6.66. The van der Waals surface area contributed by atoms with E-state index < -0.39 is 11.7 Å². The molecule has 1 heterocycles. The molecule has 1 fully saturated rings. The zero-order valence-electron chi connectivity index (χ0n) is 11.5. The Labute approximate surface area is 129 Å². The second kappa shape index (κ2) is 6.25. The molecule has 1 saturated heterocycles. The molecule has 3 nitrogen and oxygen atoms in total. The smallest absolute Gasteiger partial charge is 0.382 e. The van der Waals surface area contributed by atoms with Gasteiger partial charge in [-0.1, -0.05) is 15.9 Å². The molecular formula is C14H16BrF3N2O. The average molecular weight is 365 g/mol. The Kier molecular flexibility index (Phi) is 4.81. The summed E-state index contributed by atoms with van der Waals surface area (Å²) in [5.41, 5.74) is -0.585. The van der Waals surface area contributed by atoms with Crippen LogP contribution in [0.4, 0.5) is 18.9 Å². The van der Waals surface area contributed by atoms with E-state index in [0.29, 0.717) is 30.4 Å². The van der Waals surface area contributed by atoms with Crippen molar-refractivity contribution in [1.29, 1.82) is 0 Å². The van der Waals surface area contributed by atoms with Crippen LogP contribution < -0.4 is 5.32 Å². The van der Waals surface area contributed by atoms with Crippen molar-refractivity contribution in [2.75, 3.05) is 18.4 Å². The third kappa shape index (κ3) is 4.12. The number of carbonyl (C=O) groups excluding carboxylic acids is 1. The Morgan fingerprint density at radius 2 is 1.95 bits per heavy atom. The molecule has 1 aliphatic rings. The van der Waals surface area contributed by atoms with Gasteiger partial charge in [-0.2, -0.15) is 13.2 Å². The van der Waals surface area contributed by atoms with Gasteiger partial charge in [-0.05, 0) is 31.0 Å². The molecule has 2 rings (SSSR count). The van der Waals surface area contributed by atoms with Crippen molar-refractivity contribution in [1.82, 2.24) is 4.90 Å². The Balaban J connectivity index is 2.09. The van der Waals surface area contributed by atoms with Gasteiger partial charge in [0.1, 0.15) is 0 Å². The summed E-state index contributed by atoms with van der Waals surface area (Å²) >= 11 is 3.07. The summed E-state index contributed by atoms with van der Waals surface area (Å²) in [6, 6.07) is 4.04. The second-order valence-electron chi connectivity index (χ2n) is 5.11. The minimum atomic E-state index is -4.40. The summed E-state index contributed by atoms with van der Waals surface area (Å²) in [4.78, 5) is 13.0. The molecule has 0 aromatic heterocycles. The molecule has 0 atom stereocenters. The number of amides is 1. The molecule has 0 bridgehead atoms. The number of anilines is 1. The van der Waals surface area contributed by atoms with E-state index in [2.05, 4.69) is 21.2 Å². The number of likely N-dealkylation sites (tertiary alicyclic amines) is 1. The molecule has 0 aliphatic carbocycles. The van der Waals surface area contributed by atoms with Gasteiger partial charge < -0.3 is 10.2 Å². The van der Waals surface area contributed by atoms with Crippen LogP contribution in [0.5, 0.6) is 0 Å². The summed E-state index contributed by atoms with van der Waals surface area (Å²) in [5.74, 6) is 0.00747. The lowest BCUT2D eigenvalue weighted by Crippen LogP contribution is -2.41. The number of benzene rings is 1. The van der Waals surface area contributed by atoms with Crippen molar-refractivity contribution < 1.29 is 18.0 Å². The van der Waals surface area contributed by atoms with Crippen molar-refractivity contribution in [2.45, 2.75) is 32.0 Å². The number of piperidine rings is 1. The minimum absolute atomic E-state index is 0.00747. The van der Waals surface area contributed by atoms with Crippen LogP contribution in [0.1, 0.15) is 25.3 Å². The number of carbonyl (C=O) groups is 1. The molecule has 1 aromatic rings. The Morgan fingerprint density at radius 3 is 2.48 bits per heavy atom. The van der Waals surface area contributed by atoms with E-state index in [0.717, 1.165) is 6.07 Å². The van der Waals surface area contributed by atoms with E-state index in [-0.39, 0.29) is 17.6 Å². The maximum Gasteiger partial charge on any atom is 0.418 e. The second-order valence-corrected chi connectivity index (χ2v) is 6.03. The highest BCUT2D eigenvalue weighted by Gasteiger charge is 2.34. The molecule has 0 saturated carbocycles. The van der Waals surface area contributed by atoms with Gasteiger partial charge in [-0.25, -0.2) is 0 Å². The summed E-state index contributed by atoms with van der Waals surface area (Å²) in [7, 11) is 0. The molecule has 1 amide bonds. The number of hydrogen-bond donors (Lipinski definition) is 1. The third-order valence-electron chi connectivity index (χ3n) is 3.59. The van der Waals surface area contributed by atoms with Crippen molar-refractivity contribution in [3.63, 3.8) is 0 Å². The van der Waals surface area contributed by atoms with Crippen LogP contribution >= 0.6 is 15.9 Å². The number of nitrogens with one attached hydrogen (secondary N) is 1. The third-order valence-corrected chi connectivity index (χ3v) is 4.08. The van der Waals surface area contributed by atoms with Gasteiger partial charge in [0, 0.05) is 36.2 Å². The van der Waals surface area contributed by atoms with Crippen LogP contribution in [0, 0.1) is 0 Å². The first-order chi connectivity index (χ1) is 9.77. The van der Waals surface area contributed by atoms with Crippen LogP contribution in [-0.4, -0.2) is 29.9 Å². The zero-order valence-corrected chi connectivity index (χ0v) is 13.1. The summed E-state index contributed by atoms with van der Waals surface area (Å²) in [5, 5.41) is 2.96. The van der Waals surface area contributed by atoms with E-state index >= 15 is 0 Å². The first kappa shape index (κ1) is 16.1. The monoisotopic (exact) mass is 364 g/mol. The summed E-state index contributed by atoms with van der Waals surface area (Å²) in [6.45, 7) is 2.65. The number of halogens is 4. The molecule has 7 heteroatoms. The van der Waals surface area contributed by atoms with Gasteiger partial charge in [0.15, 0.2) is 0 Å². The van der Waals surface area contributed by atoms with Crippen molar-refractivity contribution in [2.24, 2.45) is 0 Å². The Hall–Kier alpha value is -1.24. The van der Waals surface area contributed by atoms with Gasteiger partial charge >= 0.3 is 6.18 Å². The molecule has 1 aromatic carbocycles. The average Bonchev–Trinajstić information content (AvgIpc) is 2.40. The number of hydrogen-bond acceptors (Lipinski definition) is 2. The summed E-state index contributed by atoms with van der Waals surface area (Å²) in [6.07, 6.45) is -3.11. The highest BCUT2D eigenvalue weighted by Crippen LogP contribution is 2.37. The molecule has 1 N–H and O–H groups in total. The number of rotatable bonds is 2. The van der Waals surface area contributed by atoms with Crippen LogP contribution in [-0.2, 0) is 11.0 Å². The number of nitrogens with zero attached hydrogens (tertiary/aromatic N) is 1. The molecule has 21 heavy (non-hydrogen) atoms. The molecular weight excluding hydrogens is 349 g/mol. The SMILES string of the molecule is CC(=O)N1CCC(Nc2ccc(Br)cc2C(F)(F)F)CC1. The number of alkyl halides is 3. The van der Waals surface area contributed by atoms with Gasteiger partial charge in [0.2, 0.25) is 5.91 Å². The molecule has 0 radical (unpaired) electrons. The fourth-order valence-electron chi connectivity index (χ4n) is 2.44. The largest absolute Gasteiger partial charge is 0.418 e. The normalized spacial score (nSPS) is 16.9. The van der Waals surface area contributed by atoms with E-state index in [4.69, 9.17) is 0 Å². The van der Waals surface area contributed by atoms with Gasteiger partial charge in [-0.3, -0.25) is 4.79 Å². The maximum atomic E-state index is 13.0. The fourth-order valence-corrected chi connectivity index (χ4v) is 2.80. The highest BCUT2D eigenvalue weighted by molar-refractivity contribution is 9.10. The first-order valence-corrected chi connectivity index (χ1v) is 7.45. The van der Waals surface area contributed by atoms with Crippen molar-refractivity contribution in [3.05, 3.63) is 28.2 Å². The molecule has 116 valence electrons. The standard InChI is InChI=1S/C14H16BrF3N2O/c1-9(21)20-6-4-11(5-7-20)19-13-3-2-10(15)8-12(13)14(16,17)18/h2-3,8,11,19H,4-7H2,1H3. The van der Waals surface area contributed by atoms with Crippen molar-refractivity contribution in [3.8, 4) is 0 Å². The zero-order chi connectivity index (χ0) is 15.6. The van der Waals surface area contributed by atoms with Gasteiger partial charge in [0.05, 0.1) is 5.56 Å². The van der Waals surface area contributed by atoms with Gasteiger partial charge in [0.25, 0.3) is 0 Å². The lowest BCUT2D eigenvalue weighted by molar-refractivity contribution is -0.137. The van der Waals surface area contributed by atoms with E-state index in [1.165, 1.54) is 13.0 Å². The van der Waals surface area contributed by atoms with Crippen LogP contribution in [0.2, 0.25) is 0 Å². The molecule has 0 unspecified atom stereocenters. The maximum absolute atomic E-state index is 13.0. The van der Waals surface area contributed by atoms with Gasteiger partial charge in [-0.15, -0.1) is 0 Å². The van der Waals surface area contributed by atoms with E-state index in [1.807, 2.05) is 0 Å². The molecule has 1 aliphatic heterocycles. The van der Waals surface area contributed by atoms with E-state index in [9.17, 15) is 18.0 Å². The minimum Gasteiger partial charge on any atom is -0.382 e. The fraction of sp³-hybridized carbons (Fsp3) is 0.500. The lowest BCUT2D eigenvalue weighted by Gasteiger charge is -2.32.